The van der Waals surface area contributed by atoms with Gasteiger partial charge in [0.2, 0.25) is 5.91 Å². The van der Waals surface area contributed by atoms with Gasteiger partial charge in [0.05, 0.1) is 19.8 Å². The molecule has 0 bridgehead atoms. The molecule has 0 fully saturated rings. The minimum Gasteiger partial charge on any atom is -0.497 e. The molecule has 6 heteroatoms. The van der Waals surface area contributed by atoms with Crippen LogP contribution in [0.5, 0.6) is 5.75 Å². The molecule has 144 valence electrons. The number of nitrogens with one attached hydrogen (secondary N) is 1. The molecule has 0 saturated carbocycles. The van der Waals surface area contributed by atoms with E-state index in [-0.39, 0.29) is 12.2 Å². The molecule has 0 radical (unpaired) electrons. The second-order valence-corrected chi connectivity index (χ2v) is 6.19. The van der Waals surface area contributed by atoms with E-state index in [2.05, 4.69) is 5.32 Å². The number of fused-ring (bicyclic) bond motifs is 1. The number of amides is 1. The van der Waals surface area contributed by atoms with E-state index < -0.39 is 23.6 Å². The van der Waals surface area contributed by atoms with E-state index in [1.54, 1.807) is 7.11 Å². The van der Waals surface area contributed by atoms with Gasteiger partial charge in [-0.1, -0.05) is 30.3 Å². The Labute approximate surface area is 161 Å². The third-order valence-corrected chi connectivity index (χ3v) is 4.37. The fraction of sp³-hybridized carbons (Fsp3) is 0.136. The fourth-order valence-electron chi connectivity index (χ4n) is 2.86. The molecule has 0 saturated heterocycles. The Morgan fingerprint density at radius 1 is 1.14 bits per heavy atom. The molecule has 1 unspecified atom stereocenters. The number of carbonyl (C=O) groups is 1. The highest BCUT2D eigenvalue weighted by Crippen LogP contribution is 2.24. The maximum atomic E-state index is 13.6. The Balaban J connectivity index is 1.77. The van der Waals surface area contributed by atoms with Gasteiger partial charge in [0.15, 0.2) is 11.6 Å². The van der Waals surface area contributed by atoms with E-state index in [1.807, 2.05) is 36.4 Å². The maximum absolute atomic E-state index is 13.6. The molecule has 0 aromatic heterocycles. The Morgan fingerprint density at radius 3 is 2.68 bits per heavy atom. The van der Waals surface area contributed by atoms with Crippen LogP contribution in [-0.4, -0.2) is 24.7 Å². The van der Waals surface area contributed by atoms with Crippen molar-refractivity contribution in [1.82, 2.24) is 5.32 Å². The third kappa shape index (κ3) is 4.35. The number of methoxy groups -OCH3 is 1. The summed E-state index contributed by atoms with van der Waals surface area (Å²) in [7, 11) is 1.58. The lowest BCUT2D eigenvalue weighted by molar-refractivity contribution is -0.117. The van der Waals surface area contributed by atoms with Crippen LogP contribution in [0.1, 0.15) is 17.2 Å². The summed E-state index contributed by atoms with van der Waals surface area (Å²) < 4.78 is 32.1. The zero-order valence-corrected chi connectivity index (χ0v) is 15.2. The third-order valence-electron chi connectivity index (χ3n) is 4.37. The van der Waals surface area contributed by atoms with Crippen LogP contribution in [0.2, 0.25) is 0 Å². The Kier molecular flexibility index (Phi) is 6.01. The average Bonchev–Trinajstić information content (AvgIpc) is 2.72. The van der Waals surface area contributed by atoms with Gasteiger partial charge in [-0.15, -0.1) is 0 Å². The second kappa shape index (κ2) is 8.63. The molecule has 3 aromatic rings. The largest absolute Gasteiger partial charge is 0.497 e. The highest BCUT2D eigenvalue weighted by atomic mass is 19.2. The quantitative estimate of drug-likeness (QED) is 0.633. The predicted molar refractivity (Wildman–Crippen MR) is 104 cm³/mol. The van der Waals surface area contributed by atoms with E-state index in [9.17, 15) is 18.7 Å². The van der Waals surface area contributed by atoms with E-state index in [4.69, 9.17) is 4.74 Å². The number of ether oxygens (including phenoxy) is 1. The molecule has 3 aromatic carbocycles. The number of aliphatic hydroxyl groups excluding tert-OH is 1. The van der Waals surface area contributed by atoms with Crippen LogP contribution in [0.25, 0.3) is 16.8 Å². The smallest absolute Gasteiger partial charge is 0.244 e. The molecule has 1 atom stereocenters. The molecule has 0 aliphatic heterocycles. The van der Waals surface area contributed by atoms with Crippen molar-refractivity contribution in [3.8, 4) is 5.75 Å². The van der Waals surface area contributed by atoms with Gasteiger partial charge in [0.25, 0.3) is 0 Å². The number of benzene rings is 3. The summed E-state index contributed by atoms with van der Waals surface area (Å²) >= 11 is 0. The molecule has 3 rings (SSSR count). The van der Waals surface area contributed by atoms with Gasteiger partial charge in [0.1, 0.15) is 5.75 Å². The Morgan fingerprint density at radius 2 is 1.93 bits per heavy atom. The van der Waals surface area contributed by atoms with Gasteiger partial charge in [-0.05, 0) is 46.7 Å². The molecule has 1 amide bonds. The lowest BCUT2D eigenvalue weighted by Gasteiger charge is -2.16. The zero-order valence-electron chi connectivity index (χ0n) is 15.2. The second-order valence-electron chi connectivity index (χ2n) is 6.19. The average molecular weight is 383 g/mol. The first-order chi connectivity index (χ1) is 13.5. The molecule has 0 spiro atoms. The normalized spacial score (nSPS) is 12.3. The molecular weight excluding hydrogens is 364 g/mol. The highest BCUT2D eigenvalue weighted by Gasteiger charge is 2.13. The summed E-state index contributed by atoms with van der Waals surface area (Å²) in [5.41, 5.74) is 0.676. The Hall–Kier alpha value is -3.25. The topological polar surface area (TPSA) is 58.6 Å². The molecule has 28 heavy (non-hydrogen) atoms. The summed E-state index contributed by atoms with van der Waals surface area (Å²) in [6.07, 6.45) is 2.29. The number of rotatable bonds is 6. The van der Waals surface area contributed by atoms with Gasteiger partial charge in [-0.2, -0.15) is 0 Å². The van der Waals surface area contributed by atoms with E-state index in [1.165, 1.54) is 18.2 Å². The van der Waals surface area contributed by atoms with Crippen LogP contribution in [0.4, 0.5) is 8.78 Å². The van der Waals surface area contributed by atoms with Crippen LogP contribution in [-0.2, 0) is 4.79 Å². The first kappa shape index (κ1) is 19.5. The van der Waals surface area contributed by atoms with Crippen molar-refractivity contribution in [1.29, 1.82) is 0 Å². The Bertz CT molecular complexity index is 1030. The van der Waals surface area contributed by atoms with Gasteiger partial charge in [-0.25, -0.2) is 8.78 Å². The van der Waals surface area contributed by atoms with Crippen LogP contribution < -0.4 is 10.1 Å². The zero-order chi connectivity index (χ0) is 20.1. The molecule has 4 nitrogen and oxygen atoms in total. The van der Waals surface area contributed by atoms with Crippen molar-refractivity contribution >= 4 is 22.8 Å². The van der Waals surface area contributed by atoms with Crippen LogP contribution in [0.15, 0.2) is 60.7 Å². The van der Waals surface area contributed by atoms with E-state index in [0.717, 1.165) is 22.9 Å². The highest BCUT2D eigenvalue weighted by molar-refractivity contribution is 5.92. The first-order valence-corrected chi connectivity index (χ1v) is 8.63. The summed E-state index contributed by atoms with van der Waals surface area (Å²) in [4.78, 5) is 12.2. The van der Waals surface area contributed by atoms with Crippen LogP contribution in [0, 0.1) is 11.6 Å². The molecule has 0 heterocycles. The van der Waals surface area contributed by atoms with Crippen molar-refractivity contribution in [3.63, 3.8) is 0 Å². The minimum atomic E-state index is -1.02. The van der Waals surface area contributed by atoms with Crippen molar-refractivity contribution in [2.24, 2.45) is 0 Å². The van der Waals surface area contributed by atoms with Crippen LogP contribution >= 0.6 is 0 Å². The van der Waals surface area contributed by atoms with Crippen LogP contribution in [0.3, 0.4) is 0 Å². The van der Waals surface area contributed by atoms with Crippen molar-refractivity contribution in [3.05, 3.63) is 83.4 Å². The molecular formula is C22H19F2NO3. The molecule has 0 aliphatic carbocycles. The van der Waals surface area contributed by atoms with Crippen molar-refractivity contribution < 1.29 is 23.4 Å². The van der Waals surface area contributed by atoms with Gasteiger partial charge < -0.3 is 15.2 Å². The molecule has 0 aliphatic rings. The first-order valence-electron chi connectivity index (χ1n) is 8.63. The number of hydrogen-bond donors (Lipinski definition) is 2. The number of carbonyl (C=O) groups excluding carboxylic acids is 1. The predicted octanol–water partition coefficient (Wildman–Crippen LogP) is 3.99. The summed E-state index contributed by atoms with van der Waals surface area (Å²) in [6, 6.07) is 14.3. The SMILES string of the molecule is COc1ccc2ccc(C(CO)NC(=O)C=Cc3cccc(F)c3F)cc2c1. The van der Waals surface area contributed by atoms with Crippen molar-refractivity contribution in [2.75, 3.05) is 13.7 Å². The van der Waals surface area contributed by atoms with E-state index >= 15 is 0 Å². The number of aliphatic hydroxyl groups is 1. The summed E-state index contributed by atoms with van der Waals surface area (Å²) in [6.45, 7) is -0.316. The number of hydrogen-bond acceptors (Lipinski definition) is 3. The van der Waals surface area contributed by atoms with E-state index in [0.29, 0.717) is 11.3 Å². The fourth-order valence-corrected chi connectivity index (χ4v) is 2.86. The maximum Gasteiger partial charge on any atom is 0.244 e. The van der Waals surface area contributed by atoms with Gasteiger partial charge >= 0.3 is 0 Å². The lowest BCUT2D eigenvalue weighted by atomic mass is 10.0. The summed E-state index contributed by atoms with van der Waals surface area (Å²) in [5.74, 6) is -1.83. The number of halogens is 2. The summed E-state index contributed by atoms with van der Waals surface area (Å²) in [5, 5.41) is 14.3. The minimum absolute atomic E-state index is 0.0338. The monoisotopic (exact) mass is 383 g/mol. The van der Waals surface area contributed by atoms with Gasteiger partial charge in [0, 0.05) is 11.6 Å². The molecule has 2 N–H and O–H groups in total. The standard InChI is InChI=1S/C22H19F2NO3/c1-28-18-9-7-14-5-6-16(11-17(14)12-18)20(13-26)25-21(27)10-8-15-3-2-4-19(23)22(15)24/h2-12,20,26H,13H2,1H3,(H,25,27). The lowest BCUT2D eigenvalue weighted by Crippen LogP contribution is -2.29. The van der Waals surface area contributed by atoms with Crippen molar-refractivity contribution in [2.45, 2.75) is 6.04 Å². The van der Waals surface area contributed by atoms with Gasteiger partial charge in [-0.3, -0.25) is 4.79 Å².